The van der Waals surface area contributed by atoms with Gasteiger partial charge in [-0.15, -0.1) is 0 Å². The summed E-state index contributed by atoms with van der Waals surface area (Å²) in [7, 11) is 0. The average Bonchev–Trinajstić information content (AvgIpc) is 2.47. The van der Waals surface area contributed by atoms with Crippen LogP contribution in [0.15, 0.2) is 54.6 Å². The quantitative estimate of drug-likeness (QED) is 0.742. The van der Waals surface area contributed by atoms with Gasteiger partial charge in [-0.3, -0.25) is 0 Å². The van der Waals surface area contributed by atoms with Gasteiger partial charge in [0.05, 0.1) is 12.7 Å². The molecule has 100 valence electrons. The van der Waals surface area contributed by atoms with Gasteiger partial charge in [-0.25, -0.2) is 0 Å². The topological polar surface area (TPSA) is 52.5 Å². The molecule has 0 radical (unpaired) electrons. The number of para-hydroxylation sites is 1. The van der Waals surface area contributed by atoms with Gasteiger partial charge in [-0.2, -0.15) is 0 Å². The molecule has 0 aromatic heterocycles. The predicted octanol–water partition coefficient (Wildman–Crippen LogP) is 2.04. The normalized spacial score (nSPS) is 12.1. The van der Waals surface area contributed by atoms with Gasteiger partial charge in [0.1, 0.15) is 0 Å². The van der Waals surface area contributed by atoms with Crippen molar-refractivity contribution in [3.05, 3.63) is 65.7 Å². The molecule has 3 nitrogen and oxygen atoms in total. The first-order valence-corrected chi connectivity index (χ1v) is 6.44. The van der Waals surface area contributed by atoms with E-state index in [0.29, 0.717) is 6.54 Å². The lowest BCUT2D eigenvalue weighted by Crippen LogP contribution is -2.23. The second-order valence-corrected chi connectivity index (χ2v) is 4.54. The van der Waals surface area contributed by atoms with E-state index in [9.17, 15) is 5.11 Å². The van der Waals surface area contributed by atoms with Crippen LogP contribution in [0.1, 0.15) is 11.1 Å². The first-order valence-electron chi connectivity index (χ1n) is 6.44. The highest BCUT2D eigenvalue weighted by Crippen LogP contribution is 2.18. The standard InChI is InChI=1S/C16H19NO2/c18-12-15(19)11-17-16-9-5-4-8-14(16)10-13-6-2-1-3-7-13/h1-9,15,17-19H,10-12H2. The van der Waals surface area contributed by atoms with Crippen LogP contribution in [-0.2, 0) is 6.42 Å². The molecular weight excluding hydrogens is 238 g/mol. The zero-order chi connectivity index (χ0) is 13.5. The van der Waals surface area contributed by atoms with Crippen molar-refractivity contribution in [2.45, 2.75) is 12.5 Å². The van der Waals surface area contributed by atoms with E-state index < -0.39 is 6.10 Å². The lowest BCUT2D eigenvalue weighted by molar-refractivity contribution is 0.105. The molecule has 1 atom stereocenters. The van der Waals surface area contributed by atoms with Crippen LogP contribution in [0.3, 0.4) is 0 Å². The Morgan fingerprint density at radius 3 is 2.37 bits per heavy atom. The molecular formula is C16H19NO2. The molecule has 2 aromatic carbocycles. The molecule has 2 rings (SSSR count). The second kappa shape index (κ2) is 6.92. The Kier molecular flexibility index (Phi) is 4.95. The summed E-state index contributed by atoms with van der Waals surface area (Å²) in [5, 5.41) is 21.4. The lowest BCUT2D eigenvalue weighted by Gasteiger charge is -2.14. The first-order chi connectivity index (χ1) is 9.29. The highest BCUT2D eigenvalue weighted by atomic mass is 16.3. The third-order valence-electron chi connectivity index (χ3n) is 2.99. The maximum Gasteiger partial charge on any atom is 0.0942 e. The van der Waals surface area contributed by atoms with Crippen LogP contribution in [-0.4, -0.2) is 29.5 Å². The number of hydrogen-bond donors (Lipinski definition) is 3. The summed E-state index contributed by atoms with van der Waals surface area (Å²) in [6.07, 6.45) is 0.115. The fraction of sp³-hybridized carbons (Fsp3) is 0.250. The van der Waals surface area contributed by atoms with Gasteiger partial charge >= 0.3 is 0 Å². The minimum Gasteiger partial charge on any atom is -0.394 e. The fourth-order valence-electron chi connectivity index (χ4n) is 1.96. The van der Waals surface area contributed by atoms with Crippen LogP contribution in [0.2, 0.25) is 0 Å². The van der Waals surface area contributed by atoms with Gasteiger partial charge in [-0.05, 0) is 23.6 Å². The molecule has 0 spiro atoms. The highest BCUT2D eigenvalue weighted by molar-refractivity contribution is 5.52. The van der Waals surface area contributed by atoms with E-state index >= 15 is 0 Å². The lowest BCUT2D eigenvalue weighted by atomic mass is 10.0. The molecule has 1 unspecified atom stereocenters. The van der Waals surface area contributed by atoms with Crippen molar-refractivity contribution in [3.63, 3.8) is 0 Å². The Hall–Kier alpha value is -1.84. The number of nitrogens with one attached hydrogen (secondary N) is 1. The summed E-state index contributed by atoms with van der Waals surface area (Å²) in [5.74, 6) is 0. The minimum absolute atomic E-state index is 0.228. The Morgan fingerprint density at radius 2 is 1.63 bits per heavy atom. The van der Waals surface area contributed by atoms with Crippen LogP contribution in [0.25, 0.3) is 0 Å². The molecule has 3 heteroatoms. The monoisotopic (exact) mass is 257 g/mol. The Balaban J connectivity index is 2.08. The van der Waals surface area contributed by atoms with E-state index in [4.69, 9.17) is 5.11 Å². The molecule has 0 aliphatic heterocycles. The van der Waals surface area contributed by atoms with E-state index in [0.717, 1.165) is 12.1 Å². The van der Waals surface area contributed by atoms with Crippen molar-refractivity contribution in [1.29, 1.82) is 0 Å². The maximum atomic E-state index is 9.39. The van der Waals surface area contributed by atoms with Crippen LogP contribution >= 0.6 is 0 Å². The third-order valence-corrected chi connectivity index (χ3v) is 2.99. The van der Waals surface area contributed by atoms with Gasteiger partial charge in [0.15, 0.2) is 0 Å². The fourth-order valence-corrected chi connectivity index (χ4v) is 1.96. The minimum atomic E-state index is -0.732. The van der Waals surface area contributed by atoms with Crippen LogP contribution < -0.4 is 5.32 Å². The summed E-state index contributed by atoms with van der Waals surface area (Å²) in [4.78, 5) is 0. The van der Waals surface area contributed by atoms with E-state index in [-0.39, 0.29) is 6.61 Å². The molecule has 3 N–H and O–H groups in total. The summed E-state index contributed by atoms with van der Waals surface area (Å²) < 4.78 is 0. The average molecular weight is 257 g/mol. The molecule has 19 heavy (non-hydrogen) atoms. The van der Waals surface area contributed by atoms with Gasteiger partial charge < -0.3 is 15.5 Å². The Bertz CT molecular complexity index is 499. The molecule has 0 fully saturated rings. The first kappa shape index (κ1) is 13.6. The van der Waals surface area contributed by atoms with Crippen molar-refractivity contribution < 1.29 is 10.2 Å². The van der Waals surface area contributed by atoms with Crippen LogP contribution in [0.5, 0.6) is 0 Å². The molecule has 0 aliphatic carbocycles. The summed E-state index contributed by atoms with van der Waals surface area (Å²) in [6.45, 7) is 0.121. The summed E-state index contributed by atoms with van der Waals surface area (Å²) >= 11 is 0. The maximum absolute atomic E-state index is 9.39. The van der Waals surface area contributed by atoms with Crippen LogP contribution in [0.4, 0.5) is 5.69 Å². The summed E-state index contributed by atoms with van der Waals surface area (Å²) in [6, 6.07) is 18.3. The molecule has 0 bridgehead atoms. The zero-order valence-electron chi connectivity index (χ0n) is 10.8. The molecule has 0 amide bonds. The van der Waals surface area contributed by atoms with E-state index in [1.54, 1.807) is 0 Å². The van der Waals surface area contributed by atoms with Crippen molar-refractivity contribution >= 4 is 5.69 Å². The Labute approximate surface area is 113 Å². The van der Waals surface area contributed by atoms with Gasteiger partial charge in [0.25, 0.3) is 0 Å². The van der Waals surface area contributed by atoms with Crippen molar-refractivity contribution in [2.75, 3.05) is 18.5 Å². The van der Waals surface area contributed by atoms with Crippen LogP contribution in [0, 0.1) is 0 Å². The van der Waals surface area contributed by atoms with Crippen molar-refractivity contribution in [2.24, 2.45) is 0 Å². The number of anilines is 1. The zero-order valence-corrected chi connectivity index (χ0v) is 10.8. The highest BCUT2D eigenvalue weighted by Gasteiger charge is 2.05. The molecule has 2 aromatic rings. The smallest absolute Gasteiger partial charge is 0.0942 e. The number of benzene rings is 2. The largest absolute Gasteiger partial charge is 0.394 e. The molecule has 0 saturated heterocycles. The number of rotatable bonds is 6. The van der Waals surface area contributed by atoms with E-state index in [2.05, 4.69) is 23.5 Å². The van der Waals surface area contributed by atoms with Gasteiger partial charge in [0, 0.05) is 12.2 Å². The number of aliphatic hydroxyl groups excluding tert-OH is 2. The SMILES string of the molecule is OCC(O)CNc1ccccc1Cc1ccccc1. The third kappa shape index (κ3) is 4.09. The molecule has 0 saturated carbocycles. The van der Waals surface area contributed by atoms with Gasteiger partial charge in [-0.1, -0.05) is 48.5 Å². The summed E-state index contributed by atoms with van der Waals surface area (Å²) in [5.41, 5.74) is 3.43. The van der Waals surface area contributed by atoms with Crippen molar-refractivity contribution in [1.82, 2.24) is 0 Å². The molecule has 0 aliphatic rings. The van der Waals surface area contributed by atoms with E-state index in [1.165, 1.54) is 11.1 Å². The number of aliphatic hydroxyl groups is 2. The van der Waals surface area contributed by atoms with E-state index in [1.807, 2.05) is 36.4 Å². The van der Waals surface area contributed by atoms with Gasteiger partial charge in [0.2, 0.25) is 0 Å². The van der Waals surface area contributed by atoms with Crippen molar-refractivity contribution in [3.8, 4) is 0 Å². The second-order valence-electron chi connectivity index (χ2n) is 4.54. The number of hydrogen-bond acceptors (Lipinski definition) is 3. The molecule has 0 heterocycles. The predicted molar refractivity (Wildman–Crippen MR) is 77.3 cm³/mol. The Morgan fingerprint density at radius 1 is 0.947 bits per heavy atom.